The summed E-state index contributed by atoms with van der Waals surface area (Å²) in [4.78, 5) is 23.2. The van der Waals surface area contributed by atoms with Gasteiger partial charge in [0.15, 0.2) is 5.82 Å². The van der Waals surface area contributed by atoms with Crippen molar-refractivity contribution in [2.75, 3.05) is 36.4 Å². The fourth-order valence-electron chi connectivity index (χ4n) is 2.18. The first-order chi connectivity index (χ1) is 10.2. The minimum Gasteiger partial charge on any atom is -0.360 e. The van der Waals surface area contributed by atoms with Crippen molar-refractivity contribution in [2.24, 2.45) is 0 Å². The predicted octanol–water partition coefficient (Wildman–Crippen LogP) is 0.795. The van der Waals surface area contributed by atoms with Crippen molar-refractivity contribution in [1.82, 2.24) is 20.0 Å². The van der Waals surface area contributed by atoms with E-state index in [4.69, 9.17) is 4.52 Å². The largest absolute Gasteiger partial charge is 0.360 e. The number of aryl methyl sites for hydroxylation is 1. The number of hydrogen-bond donors (Lipinski definition) is 1. The number of anilines is 3. The smallest absolute Gasteiger partial charge is 0.230 e. The Hall–Kier alpha value is -2.64. The summed E-state index contributed by atoms with van der Waals surface area (Å²) in [5.74, 6) is 2.60. The zero-order valence-electron chi connectivity index (χ0n) is 11.7. The Kier molecular flexibility index (Phi) is 3.67. The van der Waals surface area contributed by atoms with E-state index in [9.17, 15) is 4.79 Å². The summed E-state index contributed by atoms with van der Waals surface area (Å²) in [5, 5.41) is 6.85. The summed E-state index contributed by atoms with van der Waals surface area (Å²) >= 11 is 0. The summed E-state index contributed by atoms with van der Waals surface area (Å²) in [6, 6.07) is 3.63. The van der Waals surface area contributed by atoms with E-state index >= 15 is 0 Å². The van der Waals surface area contributed by atoms with Crippen molar-refractivity contribution < 1.29 is 9.32 Å². The molecular formula is C13H16N6O2. The maximum absolute atomic E-state index is 10.7. The lowest BCUT2D eigenvalue weighted by Crippen LogP contribution is -2.46. The Morgan fingerprint density at radius 2 is 2.14 bits per heavy atom. The van der Waals surface area contributed by atoms with Gasteiger partial charge in [0.05, 0.1) is 0 Å². The summed E-state index contributed by atoms with van der Waals surface area (Å²) < 4.78 is 4.99. The van der Waals surface area contributed by atoms with E-state index in [1.54, 1.807) is 17.2 Å². The molecule has 3 heterocycles. The Bertz CT molecular complexity index is 621. The number of amides is 1. The molecule has 0 saturated carbocycles. The summed E-state index contributed by atoms with van der Waals surface area (Å²) in [6.07, 6.45) is 2.58. The summed E-state index contributed by atoms with van der Waals surface area (Å²) in [7, 11) is 0. The van der Waals surface area contributed by atoms with Crippen molar-refractivity contribution in [1.29, 1.82) is 0 Å². The lowest BCUT2D eigenvalue weighted by molar-refractivity contribution is -0.118. The number of carbonyl (C=O) groups excluding carboxylic acids is 1. The summed E-state index contributed by atoms with van der Waals surface area (Å²) in [5.41, 5.74) is 0. The van der Waals surface area contributed by atoms with Crippen molar-refractivity contribution in [3.63, 3.8) is 0 Å². The van der Waals surface area contributed by atoms with Gasteiger partial charge in [0.25, 0.3) is 0 Å². The van der Waals surface area contributed by atoms with E-state index in [0.717, 1.165) is 31.1 Å². The van der Waals surface area contributed by atoms with Gasteiger partial charge in [-0.15, -0.1) is 0 Å². The highest BCUT2D eigenvalue weighted by atomic mass is 16.5. The van der Waals surface area contributed by atoms with Gasteiger partial charge in [0.2, 0.25) is 12.4 Å². The quantitative estimate of drug-likeness (QED) is 0.832. The monoisotopic (exact) mass is 288 g/mol. The minimum atomic E-state index is 0.471. The first-order valence-corrected chi connectivity index (χ1v) is 6.72. The number of piperazine rings is 1. The Labute approximate surface area is 121 Å². The SMILES string of the molecule is Cc1cc(Nc2nccc(N3CCN(C=O)CC3)n2)no1. The molecule has 0 radical (unpaired) electrons. The molecular weight excluding hydrogens is 272 g/mol. The van der Waals surface area contributed by atoms with E-state index in [2.05, 4.69) is 25.3 Å². The van der Waals surface area contributed by atoms with Gasteiger partial charge >= 0.3 is 0 Å². The second-order valence-electron chi connectivity index (χ2n) is 4.81. The first-order valence-electron chi connectivity index (χ1n) is 6.72. The van der Waals surface area contributed by atoms with Crippen LogP contribution in [0.15, 0.2) is 22.9 Å². The molecule has 0 aromatic carbocycles. The van der Waals surface area contributed by atoms with Crippen LogP contribution in [-0.2, 0) is 4.79 Å². The molecule has 0 aliphatic carbocycles. The van der Waals surface area contributed by atoms with Crippen molar-refractivity contribution in [3.05, 3.63) is 24.1 Å². The maximum Gasteiger partial charge on any atom is 0.230 e. The topological polar surface area (TPSA) is 87.4 Å². The van der Waals surface area contributed by atoms with E-state index in [0.29, 0.717) is 24.9 Å². The molecule has 1 aliphatic rings. The van der Waals surface area contributed by atoms with Crippen LogP contribution in [0.25, 0.3) is 0 Å². The molecule has 0 atom stereocenters. The predicted molar refractivity (Wildman–Crippen MR) is 76.4 cm³/mol. The molecule has 0 spiro atoms. The van der Waals surface area contributed by atoms with Crippen LogP contribution < -0.4 is 10.2 Å². The average molecular weight is 288 g/mol. The van der Waals surface area contributed by atoms with Gasteiger partial charge in [0, 0.05) is 38.4 Å². The van der Waals surface area contributed by atoms with Crippen molar-refractivity contribution >= 4 is 24.0 Å². The molecule has 1 aliphatic heterocycles. The van der Waals surface area contributed by atoms with Crippen LogP contribution in [-0.4, -0.2) is 52.6 Å². The molecule has 21 heavy (non-hydrogen) atoms. The van der Waals surface area contributed by atoms with Gasteiger partial charge in [-0.2, -0.15) is 4.98 Å². The van der Waals surface area contributed by atoms with Gasteiger partial charge in [-0.05, 0) is 13.0 Å². The molecule has 110 valence electrons. The number of nitrogens with zero attached hydrogens (tertiary/aromatic N) is 5. The molecule has 8 heteroatoms. The first kappa shape index (κ1) is 13.3. The average Bonchev–Trinajstić information content (AvgIpc) is 2.93. The molecule has 1 amide bonds. The summed E-state index contributed by atoms with van der Waals surface area (Å²) in [6.45, 7) is 4.76. The van der Waals surface area contributed by atoms with Gasteiger partial charge in [0.1, 0.15) is 11.6 Å². The third-order valence-corrected chi connectivity index (χ3v) is 3.30. The lowest BCUT2D eigenvalue weighted by atomic mass is 10.3. The van der Waals surface area contributed by atoms with E-state index in [-0.39, 0.29) is 0 Å². The van der Waals surface area contributed by atoms with Crippen molar-refractivity contribution in [3.8, 4) is 0 Å². The van der Waals surface area contributed by atoms with E-state index in [1.807, 2.05) is 13.0 Å². The zero-order chi connectivity index (χ0) is 14.7. The highest BCUT2D eigenvalue weighted by molar-refractivity contribution is 5.52. The van der Waals surface area contributed by atoms with Crippen LogP contribution in [0.2, 0.25) is 0 Å². The Morgan fingerprint density at radius 3 is 2.81 bits per heavy atom. The molecule has 0 bridgehead atoms. The molecule has 1 fully saturated rings. The van der Waals surface area contributed by atoms with E-state index in [1.165, 1.54) is 0 Å². The van der Waals surface area contributed by atoms with Crippen LogP contribution in [0.3, 0.4) is 0 Å². The van der Waals surface area contributed by atoms with E-state index < -0.39 is 0 Å². The fourth-order valence-corrected chi connectivity index (χ4v) is 2.18. The minimum absolute atomic E-state index is 0.471. The number of rotatable bonds is 4. The zero-order valence-corrected chi connectivity index (χ0v) is 11.7. The molecule has 1 saturated heterocycles. The molecule has 1 N–H and O–H groups in total. The van der Waals surface area contributed by atoms with Crippen LogP contribution in [0.5, 0.6) is 0 Å². The van der Waals surface area contributed by atoms with Crippen LogP contribution >= 0.6 is 0 Å². The fraction of sp³-hybridized carbons (Fsp3) is 0.385. The number of aromatic nitrogens is 3. The normalized spacial score (nSPS) is 15.1. The van der Waals surface area contributed by atoms with Gasteiger partial charge in [-0.25, -0.2) is 4.98 Å². The highest BCUT2D eigenvalue weighted by Gasteiger charge is 2.17. The second kappa shape index (κ2) is 5.78. The third-order valence-electron chi connectivity index (χ3n) is 3.30. The van der Waals surface area contributed by atoms with Gasteiger partial charge in [-0.3, -0.25) is 4.79 Å². The number of hydrogen-bond acceptors (Lipinski definition) is 7. The number of carbonyl (C=O) groups is 1. The number of nitrogens with one attached hydrogen (secondary N) is 1. The second-order valence-corrected chi connectivity index (χ2v) is 4.81. The molecule has 2 aromatic heterocycles. The third kappa shape index (κ3) is 3.10. The molecule has 0 unspecified atom stereocenters. The molecule has 8 nitrogen and oxygen atoms in total. The maximum atomic E-state index is 10.7. The Balaban J connectivity index is 1.70. The highest BCUT2D eigenvalue weighted by Crippen LogP contribution is 2.17. The molecule has 2 aromatic rings. The van der Waals surface area contributed by atoms with Crippen molar-refractivity contribution in [2.45, 2.75) is 6.92 Å². The van der Waals surface area contributed by atoms with Crippen LogP contribution in [0.1, 0.15) is 5.76 Å². The standard InChI is InChI=1S/C13H16N6O2/c1-10-8-11(17-21-10)15-13-14-3-2-12(16-13)19-6-4-18(9-20)5-7-19/h2-3,8-9H,4-7H2,1H3,(H,14,15,16,17). The van der Waals surface area contributed by atoms with Gasteiger partial charge in [-0.1, -0.05) is 5.16 Å². The van der Waals surface area contributed by atoms with Crippen LogP contribution in [0.4, 0.5) is 17.6 Å². The van der Waals surface area contributed by atoms with Crippen LogP contribution in [0, 0.1) is 6.92 Å². The lowest BCUT2D eigenvalue weighted by Gasteiger charge is -2.33. The van der Waals surface area contributed by atoms with Gasteiger partial charge < -0.3 is 19.6 Å². The Morgan fingerprint density at radius 1 is 1.33 bits per heavy atom. The molecule has 3 rings (SSSR count).